The minimum atomic E-state index is -3.60. The quantitative estimate of drug-likeness (QED) is 0.683. The molecule has 0 saturated heterocycles. The van der Waals surface area contributed by atoms with E-state index in [9.17, 15) is 8.42 Å². The number of nitrogens with two attached hydrogens (primary N) is 1. The Morgan fingerprint density at radius 2 is 2.00 bits per heavy atom. The van der Waals surface area contributed by atoms with Gasteiger partial charge < -0.3 is 15.1 Å². The maximum atomic E-state index is 12.1. The van der Waals surface area contributed by atoms with Crippen molar-refractivity contribution >= 4 is 10.0 Å². The van der Waals surface area contributed by atoms with Crippen LogP contribution < -0.4 is 10.5 Å². The highest BCUT2D eigenvalue weighted by atomic mass is 32.2. The average molecular weight is 317 g/mol. The fourth-order valence-corrected chi connectivity index (χ4v) is 3.38. The summed E-state index contributed by atoms with van der Waals surface area (Å²) in [5.74, 6) is 0.463. The molecule has 0 spiro atoms. The van der Waals surface area contributed by atoms with E-state index >= 15 is 0 Å². The van der Waals surface area contributed by atoms with Crippen molar-refractivity contribution in [2.45, 2.75) is 51.3 Å². The van der Waals surface area contributed by atoms with Crippen LogP contribution in [-0.2, 0) is 16.6 Å². The molecule has 0 saturated carbocycles. The first-order valence-corrected chi connectivity index (χ1v) is 8.94. The number of rotatable bonds is 10. The van der Waals surface area contributed by atoms with E-state index in [1.165, 1.54) is 6.07 Å². The van der Waals surface area contributed by atoms with E-state index in [4.69, 9.17) is 10.2 Å². The second kappa shape index (κ2) is 8.53. The fraction of sp³-hybridized carbons (Fsp3) is 0.714. The molecule has 0 aromatic carbocycles. The lowest BCUT2D eigenvalue weighted by Gasteiger charge is -2.19. The Morgan fingerprint density at radius 3 is 2.52 bits per heavy atom. The first kappa shape index (κ1) is 18.2. The van der Waals surface area contributed by atoms with E-state index in [2.05, 4.69) is 23.5 Å². The summed E-state index contributed by atoms with van der Waals surface area (Å²) in [6.07, 6.45) is 1.75. The first-order chi connectivity index (χ1) is 9.92. The third-order valence-corrected chi connectivity index (χ3v) is 4.93. The maximum absolute atomic E-state index is 12.1. The number of sulfonamides is 1. The Morgan fingerprint density at radius 1 is 1.33 bits per heavy atom. The molecule has 1 heterocycles. The second-order valence-corrected chi connectivity index (χ2v) is 6.76. The first-order valence-electron chi connectivity index (χ1n) is 7.46. The lowest BCUT2D eigenvalue weighted by atomic mass is 10.2. The van der Waals surface area contributed by atoms with Crippen LogP contribution >= 0.6 is 0 Å². The van der Waals surface area contributed by atoms with Gasteiger partial charge in [-0.2, -0.15) is 0 Å². The van der Waals surface area contributed by atoms with E-state index in [0.29, 0.717) is 5.76 Å². The molecule has 1 unspecified atom stereocenters. The van der Waals surface area contributed by atoms with E-state index < -0.39 is 10.0 Å². The summed E-state index contributed by atoms with van der Waals surface area (Å²) >= 11 is 0. The molecule has 21 heavy (non-hydrogen) atoms. The Bertz CT molecular complexity index is 509. The predicted molar refractivity (Wildman–Crippen MR) is 83.4 cm³/mol. The molecule has 1 atom stereocenters. The highest BCUT2D eigenvalue weighted by Gasteiger charge is 2.21. The minimum Gasteiger partial charge on any atom is -0.447 e. The molecule has 7 heteroatoms. The fourth-order valence-electron chi connectivity index (χ4n) is 2.16. The summed E-state index contributed by atoms with van der Waals surface area (Å²) in [6, 6.07) is 2.89. The van der Waals surface area contributed by atoms with Gasteiger partial charge in [0.2, 0.25) is 5.09 Å². The van der Waals surface area contributed by atoms with Gasteiger partial charge in [0.25, 0.3) is 10.0 Å². The summed E-state index contributed by atoms with van der Waals surface area (Å²) in [4.78, 5) is 2.32. The molecular formula is C14H27N3O3S. The van der Waals surface area contributed by atoms with E-state index in [1.807, 2.05) is 6.92 Å². The zero-order valence-corrected chi connectivity index (χ0v) is 13.9. The third kappa shape index (κ3) is 5.78. The highest BCUT2D eigenvalue weighted by Crippen LogP contribution is 2.14. The molecule has 0 radical (unpaired) electrons. The van der Waals surface area contributed by atoms with Crippen molar-refractivity contribution in [1.29, 1.82) is 0 Å². The molecule has 122 valence electrons. The number of hydrogen-bond donors (Lipinski definition) is 2. The van der Waals surface area contributed by atoms with Gasteiger partial charge in [0.1, 0.15) is 5.76 Å². The van der Waals surface area contributed by atoms with Crippen LogP contribution in [0.15, 0.2) is 21.6 Å². The largest absolute Gasteiger partial charge is 0.447 e. The monoisotopic (exact) mass is 317 g/mol. The smallest absolute Gasteiger partial charge is 0.274 e. The second-order valence-electron chi connectivity index (χ2n) is 5.12. The predicted octanol–water partition coefficient (Wildman–Crippen LogP) is 1.53. The third-order valence-electron chi connectivity index (χ3n) is 3.47. The van der Waals surface area contributed by atoms with Gasteiger partial charge in [0.15, 0.2) is 0 Å². The Labute approximate surface area is 127 Å². The zero-order chi connectivity index (χ0) is 15.9. The average Bonchev–Trinajstić information content (AvgIpc) is 2.93. The van der Waals surface area contributed by atoms with E-state index in [0.717, 1.165) is 32.5 Å². The van der Waals surface area contributed by atoms with Gasteiger partial charge in [-0.3, -0.25) is 0 Å². The molecule has 0 fully saturated rings. The molecule has 0 bridgehead atoms. The van der Waals surface area contributed by atoms with Crippen LogP contribution in [-0.4, -0.2) is 39.0 Å². The Balaban J connectivity index is 2.47. The molecule has 0 amide bonds. The SMILES string of the molecule is CCN(CC)CCCC(C)NS(=O)(=O)c1ccc(CN)o1. The van der Waals surface area contributed by atoms with Gasteiger partial charge in [-0.1, -0.05) is 13.8 Å². The number of hydrogen-bond acceptors (Lipinski definition) is 5. The van der Waals surface area contributed by atoms with Crippen LogP contribution in [0.3, 0.4) is 0 Å². The van der Waals surface area contributed by atoms with Crippen LogP contribution in [0.5, 0.6) is 0 Å². The molecule has 0 aliphatic rings. The van der Waals surface area contributed by atoms with Gasteiger partial charge in [-0.25, -0.2) is 13.1 Å². The summed E-state index contributed by atoms with van der Waals surface area (Å²) in [6.45, 7) is 9.33. The molecule has 1 aromatic rings. The van der Waals surface area contributed by atoms with Crippen LogP contribution in [0.2, 0.25) is 0 Å². The zero-order valence-electron chi connectivity index (χ0n) is 13.1. The standard InChI is InChI=1S/C14H27N3O3S/c1-4-17(5-2)10-6-7-12(3)16-21(18,19)14-9-8-13(11-15)20-14/h8-9,12,16H,4-7,10-11,15H2,1-3H3. The summed E-state index contributed by atoms with van der Waals surface area (Å²) in [7, 11) is -3.60. The van der Waals surface area contributed by atoms with Crippen molar-refractivity contribution < 1.29 is 12.8 Å². The van der Waals surface area contributed by atoms with E-state index in [-0.39, 0.29) is 17.7 Å². The molecule has 1 rings (SSSR count). The molecule has 3 N–H and O–H groups in total. The molecule has 6 nitrogen and oxygen atoms in total. The number of nitrogens with one attached hydrogen (secondary N) is 1. The van der Waals surface area contributed by atoms with Crippen molar-refractivity contribution in [2.24, 2.45) is 5.73 Å². The van der Waals surface area contributed by atoms with Gasteiger partial charge in [0, 0.05) is 6.04 Å². The molecular weight excluding hydrogens is 290 g/mol. The van der Waals surface area contributed by atoms with E-state index in [1.54, 1.807) is 6.07 Å². The number of nitrogens with zero attached hydrogens (tertiary/aromatic N) is 1. The lowest BCUT2D eigenvalue weighted by molar-refractivity contribution is 0.292. The van der Waals surface area contributed by atoms with Crippen LogP contribution in [0.1, 0.15) is 39.4 Å². The molecule has 1 aromatic heterocycles. The number of furan rings is 1. The van der Waals surface area contributed by atoms with Gasteiger partial charge >= 0.3 is 0 Å². The van der Waals surface area contributed by atoms with Gasteiger partial charge in [-0.05, 0) is 51.5 Å². The molecule has 0 aliphatic carbocycles. The van der Waals surface area contributed by atoms with Crippen molar-refractivity contribution in [3.05, 3.63) is 17.9 Å². The van der Waals surface area contributed by atoms with Crippen LogP contribution in [0.25, 0.3) is 0 Å². The summed E-state index contributed by atoms with van der Waals surface area (Å²) in [5.41, 5.74) is 5.41. The van der Waals surface area contributed by atoms with Gasteiger partial charge in [-0.15, -0.1) is 0 Å². The van der Waals surface area contributed by atoms with Crippen molar-refractivity contribution in [3.63, 3.8) is 0 Å². The minimum absolute atomic E-state index is 0.0708. The Hall–Kier alpha value is -0.890. The molecule has 0 aliphatic heterocycles. The topological polar surface area (TPSA) is 88.6 Å². The maximum Gasteiger partial charge on any atom is 0.274 e. The van der Waals surface area contributed by atoms with Crippen molar-refractivity contribution in [3.8, 4) is 0 Å². The van der Waals surface area contributed by atoms with Crippen molar-refractivity contribution in [2.75, 3.05) is 19.6 Å². The lowest BCUT2D eigenvalue weighted by Crippen LogP contribution is -2.33. The normalized spacial score (nSPS) is 13.8. The van der Waals surface area contributed by atoms with Gasteiger partial charge in [0.05, 0.1) is 6.54 Å². The van der Waals surface area contributed by atoms with Crippen LogP contribution in [0, 0.1) is 0 Å². The van der Waals surface area contributed by atoms with Crippen molar-refractivity contribution in [1.82, 2.24) is 9.62 Å². The van der Waals surface area contributed by atoms with Crippen LogP contribution in [0.4, 0.5) is 0 Å². The summed E-state index contributed by atoms with van der Waals surface area (Å²) < 4.78 is 32.1. The summed E-state index contributed by atoms with van der Waals surface area (Å²) in [5, 5.41) is -0.0708. The Kier molecular flexibility index (Phi) is 7.37. The highest BCUT2D eigenvalue weighted by molar-refractivity contribution is 7.89.